The fraction of sp³-hybridized carbons (Fsp3) is 0.154. The van der Waals surface area contributed by atoms with E-state index in [9.17, 15) is 4.79 Å². The van der Waals surface area contributed by atoms with E-state index in [1.807, 2.05) is 73.7 Å². The van der Waals surface area contributed by atoms with Crippen molar-refractivity contribution in [3.63, 3.8) is 0 Å². The van der Waals surface area contributed by atoms with Crippen molar-refractivity contribution >= 4 is 17.6 Å². The first-order valence-electron chi connectivity index (χ1n) is 10.4. The Hall–Kier alpha value is -3.57. The fourth-order valence-electron chi connectivity index (χ4n) is 3.39. The minimum absolute atomic E-state index is 0.251. The zero-order valence-electron chi connectivity index (χ0n) is 17.9. The summed E-state index contributed by atoms with van der Waals surface area (Å²) in [7, 11) is 0. The van der Waals surface area contributed by atoms with E-state index in [4.69, 9.17) is 21.1 Å². The molecule has 0 aliphatic carbocycles. The standard InChI is InChI=1S/C26H23ClN2O3/c1-3-31-26(30)23-16-25(29(28-23)24-14-11-21(27)15-18(24)2)20-9-12-22(13-10-20)32-17-19-7-5-4-6-8-19/h4-16H,3,17H2,1-2H3. The number of rotatable bonds is 7. The van der Waals surface area contributed by atoms with Crippen LogP contribution in [0, 0.1) is 6.92 Å². The topological polar surface area (TPSA) is 53.4 Å². The zero-order chi connectivity index (χ0) is 22.5. The molecule has 4 rings (SSSR count). The smallest absolute Gasteiger partial charge is 0.358 e. The van der Waals surface area contributed by atoms with Crippen LogP contribution in [0.4, 0.5) is 0 Å². The maximum Gasteiger partial charge on any atom is 0.358 e. The number of esters is 1. The summed E-state index contributed by atoms with van der Waals surface area (Å²) in [5.74, 6) is 0.305. The average molecular weight is 447 g/mol. The molecule has 0 spiro atoms. The monoisotopic (exact) mass is 446 g/mol. The number of halogens is 1. The van der Waals surface area contributed by atoms with Crippen molar-refractivity contribution in [2.45, 2.75) is 20.5 Å². The number of hydrogen-bond donors (Lipinski definition) is 0. The van der Waals surface area contributed by atoms with Crippen molar-refractivity contribution in [2.24, 2.45) is 0 Å². The van der Waals surface area contributed by atoms with Gasteiger partial charge in [-0.25, -0.2) is 9.48 Å². The quantitative estimate of drug-likeness (QED) is 0.314. The highest BCUT2D eigenvalue weighted by Crippen LogP contribution is 2.29. The minimum Gasteiger partial charge on any atom is -0.489 e. The lowest BCUT2D eigenvalue weighted by Crippen LogP contribution is -2.07. The largest absolute Gasteiger partial charge is 0.489 e. The molecule has 5 nitrogen and oxygen atoms in total. The second-order valence-electron chi connectivity index (χ2n) is 7.28. The van der Waals surface area contributed by atoms with Gasteiger partial charge in [-0.1, -0.05) is 41.9 Å². The first-order valence-corrected chi connectivity index (χ1v) is 10.7. The van der Waals surface area contributed by atoms with Crippen LogP contribution in [0.15, 0.2) is 78.9 Å². The summed E-state index contributed by atoms with van der Waals surface area (Å²) in [6.45, 7) is 4.51. The molecule has 3 aromatic carbocycles. The number of ether oxygens (including phenoxy) is 2. The number of hydrogen-bond acceptors (Lipinski definition) is 4. The van der Waals surface area contributed by atoms with E-state index in [2.05, 4.69) is 5.10 Å². The second kappa shape index (κ2) is 9.71. The van der Waals surface area contributed by atoms with Crippen LogP contribution in [0.2, 0.25) is 5.02 Å². The van der Waals surface area contributed by atoms with Gasteiger partial charge in [0.05, 0.1) is 18.0 Å². The average Bonchev–Trinajstić information content (AvgIpc) is 3.24. The Morgan fingerprint density at radius 3 is 2.44 bits per heavy atom. The molecule has 0 aliphatic rings. The number of aromatic nitrogens is 2. The molecule has 162 valence electrons. The number of benzene rings is 3. The van der Waals surface area contributed by atoms with E-state index in [-0.39, 0.29) is 12.3 Å². The molecule has 0 saturated carbocycles. The predicted octanol–water partition coefficient (Wildman–Crippen LogP) is 6.26. The van der Waals surface area contributed by atoms with Gasteiger partial charge in [0.15, 0.2) is 5.69 Å². The van der Waals surface area contributed by atoms with Gasteiger partial charge in [-0.3, -0.25) is 0 Å². The van der Waals surface area contributed by atoms with Crippen LogP contribution >= 0.6 is 11.6 Å². The Bertz CT molecular complexity index is 1220. The van der Waals surface area contributed by atoms with Crippen molar-refractivity contribution in [1.29, 1.82) is 0 Å². The molecule has 6 heteroatoms. The van der Waals surface area contributed by atoms with E-state index in [1.54, 1.807) is 23.7 Å². The fourth-order valence-corrected chi connectivity index (χ4v) is 3.62. The summed E-state index contributed by atoms with van der Waals surface area (Å²) in [6, 6.07) is 25.0. The molecule has 0 N–H and O–H groups in total. The van der Waals surface area contributed by atoms with Gasteiger partial charge in [0.1, 0.15) is 12.4 Å². The minimum atomic E-state index is -0.457. The summed E-state index contributed by atoms with van der Waals surface area (Å²) in [5, 5.41) is 5.18. The van der Waals surface area contributed by atoms with Gasteiger partial charge in [0, 0.05) is 10.6 Å². The maximum absolute atomic E-state index is 12.3. The molecule has 0 aliphatic heterocycles. The third-order valence-electron chi connectivity index (χ3n) is 4.98. The summed E-state index contributed by atoms with van der Waals surface area (Å²) >= 11 is 6.13. The highest BCUT2D eigenvalue weighted by Gasteiger charge is 2.18. The molecule has 0 atom stereocenters. The van der Waals surface area contributed by atoms with E-state index in [1.165, 1.54) is 0 Å². The first kappa shape index (κ1) is 21.7. The molecular formula is C26H23ClN2O3. The molecule has 32 heavy (non-hydrogen) atoms. The Kier molecular flexibility index (Phi) is 6.57. The molecule has 0 bridgehead atoms. The Balaban J connectivity index is 1.66. The number of carbonyl (C=O) groups is 1. The van der Waals surface area contributed by atoms with Crippen molar-refractivity contribution in [2.75, 3.05) is 6.61 Å². The second-order valence-corrected chi connectivity index (χ2v) is 7.71. The highest BCUT2D eigenvalue weighted by molar-refractivity contribution is 6.30. The van der Waals surface area contributed by atoms with Crippen molar-refractivity contribution in [1.82, 2.24) is 9.78 Å². The molecule has 4 aromatic rings. The van der Waals surface area contributed by atoms with E-state index >= 15 is 0 Å². The Morgan fingerprint density at radius 2 is 1.75 bits per heavy atom. The Morgan fingerprint density at radius 1 is 1.00 bits per heavy atom. The van der Waals surface area contributed by atoms with Crippen molar-refractivity contribution < 1.29 is 14.3 Å². The van der Waals surface area contributed by atoms with Gasteiger partial charge < -0.3 is 9.47 Å². The Labute approximate surface area is 192 Å². The van der Waals surface area contributed by atoms with E-state index < -0.39 is 5.97 Å². The summed E-state index contributed by atoms with van der Waals surface area (Å²) in [5.41, 5.74) is 4.81. The van der Waals surface area contributed by atoms with Crippen LogP contribution in [0.1, 0.15) is 28.5 Å². The molecule has 0 amide bonds. The molecule has 1 heterocycles. The number of nitrogens with zero attached hydrogens (tertiary/aromatic N) is 2. The van der Waals surface area contributed by atoms with Gasteiger partial charge in [0.25, 0.3) is 0 Å². The molecule has 0 fully saturated rings. The molecule has 1 aromatic heterocycles. The van der Waals surface area contributed by atoms with Gasteiger partial charge in [-0.2, -0.15) is 5.10 Å². The maximum atomic E-state index is 12.3. The van der Waals surface area contributed by atoms with Gasteiger partial charge in [-0.05, 0) is 73.5 Å². The van der Waals surface area contributed by atoms with Gasteiger partial charge in [-0.15, -0.1) is 0 Å². The summed E-state index contributed by atoms with van der Waals surface area (Å²) in [6.07, 6.45) is 0. The lowest BCUT2D eigenvalue weighted by Gasteiger charge is -2.12. The van der Waals surface area contributed by atoms with Gasteiger partial charge >= 0.3 is 5.97 Å². The zero-order valence-corrected chi connectivity index (χ0v) is 18.7. The summed E-state index contributed by atoms with van der Waals surface area (Å²) < 4.78 is 12.8. The third kappa shape index (κ3) is 4.84. The first-order chi connectivity index (χ1) is 15.5. The van der Waals surface area contributed by atoms with Crippen LogP contribution in [0.3, 0.4) is 0 Å². The normalized spacial score (nSPS) is 10.7. The lowest BCUT2D eigenvalue weighted by atomic mass is 10.1. The van der Waals surface area contributed by atoms with Crippen molar-refractivity contribution in [3.05, 3.63) is 101 Å². The van der Waals surface area contributed by atoms with Crippen LogP contribution in [-0.2, 0) is 11.3 Å². The van der Waals surface area contributed by atoms with Crippen LogP contribution in [-0.4, -0.2) is 22.4 Å². The van der Waals surface area contributed by atoms with Crippen molar-refractivity contribution in [3.8, 4) is 22.7 Å². The molecular weight excluding hydrogens is 424 g/mol. The molecule has 0 saturated heterocycles. The molecule has 0 unspecified atom stereocenters. The van der Waals surface area contributed by atoms with E-state index in [0.717, 1.165) is 33.8 Å². The van der Waals surface area contributed by atoms with Crippen LogP contribution < -0.4 is 4.74 Å². The van der Waals surface area contributed by atoms with Crippen LogP contribution in [0.25, 0.3) is 16.9 Å². The van der Waals surface area contributed by atoms with Crippen LogP contribution in [0.5, 0.6) is 5.75 Å². The number of carbonyl (C=O) groups excluding carboxylic acids is 1. The number of aryl methyl sites for hydroxylation is 1. The SMILES string of the molecule is CCOC(=O)c1cc(-c2ccc(OCc3ccccc3)cc2)n(-c2ccc(Cl)cc2C)n1. The van der Waals surface area contributed by atoms with E-state index in [0.29, 0.717) is 11.6 Å². The highest BCUT2D eigenvalue weighted by atomic mass is 35.5. The lowest BCUT2D eigenvalue weighted by molar-refractivity contribution is 0.0519. The predicted molar refractivity (Wildman–Crippen MR) is 125 cm³/mol. The third-order valence-corrected chi connectivity index (χ3v) is 5.21. The molecule has 0 radical (unpaired) electrons. The summed E-state index contributed by atoms with van der Waals surface area (Å²) in [4.78, 5) is 12.3. The van der Waals surface area contributed by atoms with Gasteiger partial charge in [0.2, 0.25) is 0 Å².